The number of likely N-dealkylation sites (N-methyl/N-ethyl adjacent to an activating group) is 1. The maximum atomic E-state index is 12.5. The quantitative estimate of drug-likeness (QED) is 0.298. The minimum absolute atomic E-state index is 0.0241. The van der Waals surface area contributed by atoms with E-state index in [0.717, 1.165) is 73.2 Å². The number of carbonyl (C=O) groups excluding carboxylic acids is 1. The Morgan fingerprint density at radius 2 is 1.86 bits per heavy atom. The van der Waals surface area contributed by atoms with Gasteiger partial charge in [0.05, 0.1) is 20.0 Å². The number of anilines is 1. The highest BCUT2D eigenvalue weighted by Gasteiger charge is 2.22. The molecule has 1 saturated heterocycles. The third-order valence-electron chi connectivity index (χ3n) is 6.00. The molecule has 186 valence electrons. The van der Waals surface area contributed by atoms with E-state index in [9.17, 15) is 4.79 Å². The molecule has 0 aliphatic carbocycles. The maximum Gasteiger partial charge on any atom is 0.289 e. The number of furan rings is 1. The first-order chi connectivity index (χ1) is 17.0. The van der Waals surface area contributed by atoms with Crippen molar-refractivity contribution >= 4 is 23.5 Å². The van der Waals surface area contributed by atoms with Crippen molar-refractivity contribution in [2.75, 3.05) is 45.8 Å². The zero-order valence-corrected chi connectivity index (χ0v) is 21.6. The molecule has 0 radical (unpaired) electrons. The van der Waals surface area contributed by atoms with Gasteiger partial charge in [0.1, 0.15) is 11.6 Å². The van der Waals surface area contributed by atoms with E-state index < -0.39 is 0 Å². The van der Waals surface area contributed by atoms with Crippen LogP contribution >= 0.6 is 11.8 Å². The number of aryl methyl sites for hydroxylation is 1. The summed E-state index contributed by atoms with van der Waals surface area (Å²) in [5, 5.41) is 0.682. The Kier molecular flexibility index (Phi) is 8.17. The number of hydrogen-bond donors (Lipinski definition) is 0. The second kappa shape index (κ2) is 11.5. The zero-order chi connectivity index (χ0) is 24.8. The van der Waals surface area contributed by atoms with Crippen LogP contribution in [0.1, 0.15) is 40.4 Å². The van der Waals surface area contributed by atoms with Gasteiger partial charge >= 0.3 is 0 Å². The molecule has 2 aromatic heterocycles. The van der Waals surface area contributed by atoms with Gasteiger partial charge in [0, 0.05) is 38.4 Å². The Morgan fingerprint density at radius 1 is 1.09 bits per heavy atom. The van der Waals surface area contributed by atoms with Crippen molar-refractivity contribution in [3.63, 3.8) is 0 Å². The van der Waals surface area contributed by atoms with Gasteiger partial charge in [-0.1, -0.05) is 17.8 Å². The second-order valence-corrected chi connectivity index (χ2v) is 9.51. The lowest BCUT2D eigenvalue weighted by Crippen LogP contribution is -2.27. The number of ether oxygens (including phenoxy) is 2. The topological polar surface area (TPSA) is 80.9 Å². The molecular weight excluding hydrogens is 464 g/mol. The van der Waals surface area contributed by atoms with Gasteiger partial charge in [-0.05, 0) is 56.0 Å². The zero-order valence-electron chi connectivity index (χ0n) is 20.7. The number of nitrogens with zero attached hydrogens (tertiary/aromatic N) is 4. The molecule has 9 heteroatoms. The van der Waals surface area contributed by atoms with Crippen molar-refractivity contribution < 1.29 is 18.7 Å². The van der Waals surface area contributed by atoms with Crippen LogP contribution in [0.4, 0.5) is 5.82 Å². The van der Waals surface area contributed by atoms with Crippen molar-refractivity contribution in [2.45, 2.75) is 37.1 Å². The molecule has 35 heavy (non-hydrogen) atoms. The first-order valence-corrected chi connectivity index (χ1v) is 12.7. The Hall–Kier alpha value is -3.20. The van der Waals surface area contributed by atoms with Crippen molar-refractivity contribution in [1.82, 2.24) is 14.9 Å². The maximum absolute atomic E-state index is 12.5. The van der Waals surface area contributed by atoms with Gasteiger partial charge in [0.2, 0.25) is 0 Å². The average Bonchev–Trinajstić information content (AvgIpc) is 3.58. The number of aromatic nitrogens is 2. The number of likely N-dealkylation sites (tertiary alicyclic amines) is 1. The number of methoxy groups -OCH3 is 2. The van der Waals surface area contributed by atoms with Crippen molar-refractivity contribution in [3.05, 3.63) is 59.2 Å². The summed E-state index contributed by atoms with van der Waals surface area (Å²) < 4.78 is 16.5. The van der Waals surface area contributed by atoms with E-state index in [4.69, 9.17) is 18.9 Å². The van der Waals surface area contributed by atoms with Gasteiger partial charge in [-0.25, -0.2) is 9.97 Å². The van der Waals surface area contributed by atoms with Crippen LogP contribution in [0.3, 0.4) is 0 Å². The van der Waals surface area contributed by atoms with E-state index in [-0.39, 0.29) is 5.91 Å². The Bertz CT molecular complexity index is 1160. The summed E-state index contributed by atoms with van der Waals surface area (Å²) in [6.45, 7) is 4.37. The molecule has 0 N–H and O–H groups in total. The number of amides is 1. The van der Waals surface area contributed by atoms with Gasteiger partial charge < -0.3 is 23.7 Å². The summed E-state index contributed by atoms with van der Waals surface area (Å²) in [7, 11) is 5.31. The number of benzene rings is 1. The minimum atomic E-state index is -0.0241. The van der Waals surface area contributed by atoms with Gasteiger partial charge in [0.25, 0.3) is 5.91 Å². The first kappa shape index (κ1) is 24.9. The number of carbonyl (C=O) groups is 1. The molecule has 0 spiro atoms. The lowest BCUT2D eigenvalue weighted by molar-refractivity contribution is 0.0760. The third kappa shape index (κ3) is 6.28. The van der Waals surface area contributed by atoms with Gasteiger partial charge in [-0.2, -0.15) is 0 Å². The first-order valence-electron chi connectivity index (χ1n) is 11.8. The SMILES string of the molecule is COc1ccc(CCN(C)c2cc(C)nc(SCc3ccc(C(=O)N4CCCC4)o3)n2)cc1OC. The van der Waals surface area contributed by atoms with E-state index in [1.165, 1.54) is 11.8 Å². The molecule has 1 aromatic carbocycles. The number of thioether (sulfide) groups is 1. The number of hydrogen-bond acceptors (Lipinski definition) is 8. The fraction of sp³-hybridized carbons (Fsp3) is 0.423. The van der Waals surface area contributed by atoms with Crippen LogP contribution < -0.4 is 14.4 Å². The molecule has 0 atom stereocenters. The summed E-state index contributed by atoms with van der Waals surface area (Å²) in [5.41, 5.74) is 2.06. The highest BCUT2D eigenvalue weighted by molar-refractivity contribution is 7.98. The van der Waals surface area contributed by atoms with E-state index >= 15 is 0 Å². The highest BCUT2D eigenvalue weighted by atomic mass is 32.2. The molecule has 1 amide bonds. The molecule has 3 heterocycles. The van der Waals surface area contributed by atoms with E-state index in [0.29, 0.717) is 16.7 Å². The lowest BCUT2D eigenvalue weighted by Gasteiger charge is -2.19. The molecule has 8 nitrogen and oxygen atoms in total. The van der Waals surface area contributed by atoms with E-state index in [1.807, 2.05) is 49.2 Å². The second-order valence-electron chi connectivity index (χ2n) is 8.56. The van der Waals surface area contributed by atoms with E-state index in [1.54, 1.807) is 20.3 Å². The monoisotopic (exact) mass is 496 g/mol. The normalized spacial score (nSPS) is 13.2. The van der Waals surface area contributed by atoms with Crippen LogP contribution in [0.25, 0.3) is 0 Å². The van der Waals surface area contributed by atoms with Crippen LogP contribution in [0, 0.1) is 6.92 Å². The third-order valence-corrected chi connectivity index (χ3v) is 6.87. The Morgan fingerprint density at radius 3 is 2.60 bits per heavy atom. The van der Waals surface area contributed by atoms with Gasteiger partial charge in [-0.3, -0.25) is 4.79 Å². The van der Waals surface area contributed by atoms with Crippen molar-refractivity contribution in [3.8, 4) is 11.5 Å². The van der Waals surface area contributed by atoms with Crippen LogP contribution in [0.15, 0.2) is 46.0 Å². The smallest absolute Gasteiger partial charge is 0.289 e. The predicted molar refractivity (Wildman–Crippen MR) is 137 cm³/mol. The summed E-state index contributed by atoms with van der Waals surface area (Å²) in [4.78, 5) is 25.8. The van der Waals surface area contributed by atoms with Crippen LogP contribution in [-0.2, 0) is 12.2 Å². The average molecular weight is 497 g/mol. The molecule has 3 aromatic rings. The van der Waals surface area contributed by atoms with Gasteiger partial charge in [0.15, 0.2) is 22.4 Å². The Labute approximate surface area is 210 Å². The molecule has 1 aliphatic heterocycles. The largest absolute Gasteiger partial charge is 0.493 e. The van der Waals surface area contributed by atoms with Crippen LogP contribution in [0.5, 0.6) is 11.5 Å². The molecule has 4 rings (SSSR count). The molecular formula is C26H32N4O4S. The van der Waals surface area contributed by atoms with E-state index in [2.05, 4.69) is 9.88 Å². The Balaban J connectivity index is 1.35. The summed E-state index contributed by atoms with van der Waals surface area (Å²) in [5.74, 6) is 4.00. The summed E-state index contributed by atoms with van der Waals surface area (Å²) in [6.07, 6.45) is 2.96. The standard InChI is InChI=1S/C26H32N4O4S/c1-18-15-24(29(2)14-11-19-7-9-21(32-3)23(16-19)33-4)28-26(27-18)35-17-20-8-10-22(34-20)25(31)30-12-5-6-13-30/h7-10,15-16H,5-6,11-14,17H2,1-4H3. The predicted octanol–water partition coefficient (Wildman–Crippen LogP) is 4.60. The molecule has 0 bridgehead atoms. The minimum Gasteiger partial charge on any atom is -0.493 e. The van der Waals surface area contributed by atoms with Crippen molar-refractivity contribution in [2.24, 2.45) is 0 Å². The molecule has 0 unspecified atom stereocenters. The van der Waals surface area contributed by atoms with Gasteiger partial charge in [-0.15, -0.1) is 0 Å². The lowest BCUT2D eigenvalue weighted by atomic mass is 10.1. The van der Waals surface area contributed by atoms with Crippen molar-refractivity contribution in [1.29, 1.82) is 0 Å². The molecule has 1 aliphatic rings. The fourth-order valence-corrected chi connectivity index (χ4v) is 4.81. The van der Waals surface area contributed by atoms with Crippen LogP contribution in [-0.4, -0.2) is 61.7 Å². The summed E-state index contributed by atoms with van der Waals surface area (Å²) >= 11 is 1.50. The molecule has 1 fully saturated rings. The summed E-state index contributed by atoms with van der Waals surface area (Å²) in [6, 6.07) is 11.6. The number of rotatable bonds is 10. The highest BCUT2D eigenvalue weighted by Crippen LogP contribution is 2.28. The van der Waals surface area contributed by atoms with Crippen LogP contribution in [0.2, 0.25) is 0 Å². The molecule has 0 saturated carbocycles. The fourth-order valence-electron chi connectivity index (χ4n) is 4.01.